The van der Waals surface area contributed by atoms with E-state index in [9.17, 15) is 4.79 Å². The largest absolute Gasteiger partial charge is 0.340 e. The fourth-order valence-electron chi connectivity index (χ4n) is 2.58. The summed E-state index contributed by atoms with van der Waals surface area (Å²) in [6.07, 6.45) is 1.53. The molecule has 0 bridgehead atoms. The van der Waals surface area contributed by atoms with Gasteiger partial charge in [-0.3, -0.25) is 4.79 Å². The molecule has 0 atom stereocenters. The molecule has 3 rings (SSSR count). The zero-order valence-corrected chi connectivity index (χ0v) is 14.6. The van der Waals surface area contributed by atoms with Crippen molar-refractivity contribution in [1.82, 2.24) is 14.9 Å². The van der Waals surface area contributed by atoms with Gasteiger partial charge < -0.3 is 15.5 Å². The van der Waals surface area contributed by atoms with Crippen LogP contribution in [-0.2, 0) is 4.79 Å². The van der Waals surface area contributed by atoms with E-state index in [2.05, 4.69) is 26.7 Å². The highest BCUT2D eigenvalue weighted by Crippen LogP contribution is 2.26. The van der Waals surface area contributed by atoms with Crippen molar-refractivity contribution >= 4 is 34.0 Å². The summed E-state index contributed by atoms with van der Waals surface area (Å²) < 4.78 is 0. The number of likely N-dealkylation sites (N-methyl/N-ethyl adjacent to an activating group) is 1. The smallest absolute Gasteiger partial charge is 0.238 e. The first-order valence-electron chi connectivity index (χ1n) is 8.04. The monoisotopic (exact) mass is 335 g/mol. The normalized spacial score (nSPS) is 10.9. The van der Waals surface area contributed by atoms with E-state index >= 15 is 0 Å². The van der Waals surface area contributed by atoms with Crippen molar-refractivity contribution in [3.63, 3.8) is 0 Å². The van der Waals surface area contributed by atoms with E-state index in [4.69, 9.17) is 0 Å². The van der Waals surface area contributed by atoms with Crippen LogP contribution in [0.15, 0.2) is 48.8 Å². The van der Waals surface area contributed by atoms with Gasteiger partial charge in [0.1, 0.15) is 12.1 Å². The summed E-state index contributed by atoms with van der Waals surface area (Å²) in [5.74, 6) is 0.647. The molecule has 0 spiro atoms. The Morgan fingerprint density at radius 1 is 1.08 bits per heavy atom. The molecule has 128 valence electrons. The number of nitrogens with zero attached hydrogens (tertiary/aromatic N) is 3. The quantitative estimate of drug-likeness (QED) is 0.749. The van der Waals surface area contributed by atoms with Gasteiger partial charge in [-0.05, 0) is 56.9 Å². The van der Waals surface area contributed by atoms with Crippen LogP contribution in [0.4, 0.5) is 17.2 Å². The van der Waals surface area contributed by atoms with E-state index in [1.807, 2.05) is 62.3 Å². The van der Waals surface area contributed by atoms with Crippen LogP contribution in [0.3, 0.4) is 0 Å². The van der Waals surface area contributed by atoms with Gasteiger partial charge in [-0.1, -0.05) is 12.1 Å². The van der Waals surface area contributed by atoms with Crippen LogP contribution >= 0.6 is 0 Å². The first-order chi connectivity index (χ1) is 12.0. The number of aryl methyl sites for hydroxylation is 1. The summed E-state index contributed by atoms with van der Waals surface area (Å²) in [5, 5.41) is 7.08. The Bertz CT molecular complexity index is 907. The van der Waals surface area contributed by atoms with Gasteiger partial charge in [0.05, 0.1) is 12.1 Å². The van der Waals surface area contributed by atoms with E-state index in [1.165, 1.54) is 11.9 Å². The topological polar surface area (TPSA) is 70.1 Å². The number of hydrogen-bond acceptors (Lipinski definition) is 5. The first kappa shape index (κ1) is 16.9. The second-order valence-electron chi connectivity index (χ2n) is 6.23. The maximum atomic E-state index is 12.0. The Labute approximate surface area is 146 Å². The fraction of sp³-hybridized carbons (Fsp3) is 0.211. The molecule has 2 aromatic carbocycles. The average Bonchev–Trinajstić information content (AvgIpc) is 2.54. The van der Waals surface area contributed by atoms with Crippen molar-refractivity contribution in [2.45, 2.75) is 6.92 Å². The number of rotatable bonds is 5. The van der Waals surface area contributed by atoms with E-state index in [-0.39, 0.29) is 5.91 Å². The molecule has 3 aromatic rings. The van der Waals surface area contributed by atoms with Crippen molar-refractivity contribution in [1.29, 1.82) is 0 Å². The Balaban J connectivity index is 1.91. The molecule has 6 heteroatoms. The Morgan fingerprint density at radius 3 is 2.68 bits per heavy atom. The van der Waals surface area contributed by atoms with Crippen molar-refractivity contribution in [2.24, 2.45) is 0 Å². The number of anilines is 3. The molecule has 0 unspecified atom stereocenters. The lowest BCUT2D eigenvalue weighted by Crippen LogP contribution is -2.27. The predicted octanol–water partition coefficient (Wildman–Crippen LogP) is 3.18. The Hall–Kier alpha value is -2.99. The van der Waals surface area contributed by atoms with Gasteiger partial charge in [0.25, 0.3) is 0 Å². The minimum atomic E-state index is -0.0607. The van der Waals surface area contributed by atoms with Crippen LogP contribution < -0.4 is 10.6 Å². The molecule has 0 saturated heterocycles. The van der Waals surface area contributed by atoms with Crippen molar-refractivity contribution in [3.8, 4) is 0 Å². The van der Waals surface area contributed by atoms with Crippen LogP contribution in [0.5, 0.6) is 0 Å². The lowest BCUT2D eigenvalue weighted by molar-refractivity contribution is -0.116. The number of amides is 1. The minimum Gasteiger partial charge on any atom is -0.340 e. The molecule has 1 aromatic heterocycles. The van der Waals surface area contributed by atoms with Gasteiger partial charge >= 0.3 is 0 Å². The molecular weight excluding hydrogens is 314 g/mol. The van der Waals surface area contributed by atoms with E-state index < -0.39 is 0 Å². The van der Waals surface area contributed by atoms with Crippen molar-refractivity contribution in [3.05, 3.63) is 54.4 Å². The van der Waals surface area contributed by atoms with Gasteiger partial charge in [-0.2, -0.15) is 0 Å². The fourth-order valence-corrected chi connectivity index (χ4v) is 2.58. The second-order valence-corrected chi connectivity index (χ2v) is 6.23. The predicted molar refractivity (Wildman–Crippen MR) is 101 cm³/mol. The zero-order chi connectivity index (χ0) is 17.8. The second kappa shape index (κ2) is 7.27. The molecule has 1 heterocycles. The third-order valence-electron chi connectivity index (χ3n) is 3.66. The number of benzene rings is 2. The van der Waals surface area contributed by atoms with E-state index in [0.29, 0.717) is 12.4 Å². The highest BCUT2D eigenvalue weighted by molar-refractivity contribution is 5.97. The van der Waals surface area contributed by atoms with Crippen LogP contribution in [0, 0.1) is 6.92 Å². The van der Waals surface area contributed by atoms with Crippen LogP contribution in [-0.4, -0.2) is 41.4 Å². The molecule has 1 amide bonds. The minimum absolute atomic E-state index is 0.0607. The third kappa shape index (κ3) is 4.30. The summed E-state index contributed by atoms with van der Waals surface area (Å²) in [6, 6.07) is 13.7. The Kier molecular flexibility index (Phi) is 4.90. The highest BCUT2D eigenvalue weighted by Gasteiger charge is 2.08. The summed E-state index contributed by atoms with van der Waals surface area (Å²) in [5.41, 5.74) is 3.67. The zero-order valence-electron chi connectivity index (χ0n) is 14.6. The standard InChI is InChI=1S/C19H21N5O/c1-13-5-4-6-14(9-13)23-19-16-10-15(22-18(25)11-24(2)3)7-8-17(16)20-12-21-19/h4-10,12H,11H2,1-3H3,(H,22,25)(H,20,21,23). The maximum Gasteiger partial charge on any atom is 0.238 e. The van der Waals surface area contributed by atoms with Crippen molar-refractivity contribution in [2.75, 3.05) is 31.3 Å². The number of hydrogen-bond donors (Lipinski definition) is 2. The van der Waals surface area contributed by atoms with Gasteiger partial charge in [0, 0.05) is 16.8 Å². The number of aromatic nitrogens is 2. The summed E-state index contributed by atoms with van der Waals surface area (Å²) in [7, 11) is 3.72. The maximum absolute atomic E-state index is 12.0. The molecule has 0 fully saturated rings. The molecule has 0 aliphatic heterocycles. The lowest BCUT2D eigenvalue weighted by Gasteiger charge is -2.12. The highest BCUT2D eigenvalue weighted by atomic mass is 16.2. The first-order valence-corrected chi connectivity index (χ1v) is 8.04. The third-order valence-corrected chi connectivity index (χ3v) is 3.66. The molecule has 25 heavy (non-hydrogen) atoms. The van der Waals surface area contributed by atoms with E-state index in [0.717, 1.165) is 22.3 Å². The molecule has 0 radical (unpaired) electrons. The number of carbonyl (C=O) groups excluding carboxylic acids is 1. The summed E-state index contributed by atoms with van der Waals surface area (Å²) in [4.78, 5) is 22.5. The van der Waals surface area contributed by atoms with Crippen LogP contribution in [0.25, 0.3) is 10.9 Å². The molecule has 0 aliphatic rings. The summed E-state index contributed by atoms with van der Waals surface area (Å²) in [6.45, 7) is 2.37. The van der Waals surface area contributed by atoms with Gasteiger partial charge in [-0.25, -0.2) is 9.97 Å². The number of nitrogens with one attached hydrogen (secondary N) is 2. The molecular formula is C19H21N5O. The van der Waals surface area contributed by atoms with Gasteiger partial charge in [-0.15, -0.1) is 0 Å². The molecule has 6 nitrogen and oxygen atoms in total. The molecule has 0 aliphatic carbocycles. The van der Waals surface area contributed by atoms with Crippen LogP contribution in [0.2, 0.25) is 0 Å². The molecule has 2 N–H and O–H groups in total. The van der Waals surface area contributed by atoms with E-state index in [1.54, 1.807) is 0 Å². The molecule has 0 saturated carbocycles. The Morgan fingerprint density at radius 2 is 1.92 bits per heavy atom. The average molecular weight is 335 g/mol. The SMILES string of the molecule is Cc1cccc(Nc2ncnc3ccc(NC(=O)CN(C)C)cc23)c1. The van der Waals surface area contributed by atoms with Crippen LogP contribution in [0.1, 0.15) is 5.56 Å². The number of fused-ring (bicyclic) bond motifs is 1. The van der Waals surface area contributed by atoms with Gasteiger partial charge in [0.2, 0.25) is 5.91 Å². The summed E-state index contributed by atoms with van der Waals surface area (Å²) >= 11 is 0. The van der Waals surface area contributed by atoms with Gasteiger partial charge in [0.15, 0.2) is 0 Å². The lowest BCUT2D eigenvalue weighted by atomic mass is 10.2. The number of carbonyl (C=O) groups is 1. The van der Waals surface area contributed by atoms with Crippen molar-refractivity contribution < 1.29 is 4.79 Å².